The van der Waals surface area contributed by atoms with E-state index >= 15 is 0 Å². The lowest BCUT2D eigenvalue weighted by molar-refractivity contribution is 0.364. The van der Waals surface area contributed by atoms with Gasteiger partial charge in [0.1, 0.15) is 0 Å². The number of rotatable bonds is 4. The molecule has 20 heavy (non-hydrogen) atoms. The Morgan fingerprint density at radius 1 is 1.30 bits per heavy atom. The average Bonchev–Trinajstić information content (AvgIpc) is 3.11. The standard InChI is InChI=1S/C16H21N3O/c1-11(2)12-5-7-13(8-6-12)16-18-15(20-19-16)10-14-4-3-9-17-14/h5-8,11,14,17H,3-4,9-10H2,1-2H3. The summed E-state index contributed by atoms with van der Waals surface area (Å²) in [4.78, 5) is 4.50. The van der Waals surface area contributed by atoms with Crippen LogP contribution in [-0.2, 0) is 6.42 Å². The summed E-state index contributed by atoms with van der Waals surface area (Å²) < 4.78 is 5.36. The van der Waals surface area contributed by atoms with E-state index in [0.717, 1.165) is 24.4 Å². The van der Waals surface area contributed by atoms with Gasteiger partial charge < -0.3 is 9.84 Å². The first-order valence-electron chi connectivity index (χ1n) is 7.38. The van der Waals surface area contributed by atoms with Crippen molar-refractivity contribution in [2.24, 2.45) is 0 Å². The Hall–Kier alpha value is -1.68. The highest BCUT2D eigenvalue weighted by Gasteiger charge is 2.18. The van der Waals surface area contributed by atoms with Gasteiger partial charge in [0.15, 0.2) is 0 Å². The lowest BCUT2D eigenvalue weighted by atomic mass is 10.0. The monoisotopic (exact) mass is 271 g/mol. The molecule has 2 heterocycles. The van der Waals surface area contributed by atoms with Crippen LogP contribution in [0.1, 0.15) is 44.1 Å². The smallest absolute Gasteiger partial charge is 0.228 e. The topological polar surface area (TPSA) is 51.0 Å². The number of aromatic nitrogens is 2. The van der Waals surface area contributed by atoms with Crippen LogP contribution in [0.2, 0.25) is 0 Å². The highest BCUT2D eigenvalue weighted by molar-refractivity contribution is 5.54. The zero-order valence-corrected chi connectivity index (χ0v) is 12.1. The number of nitrogens with one attached hydrogen (secondary N) is 1. The molecule has 0 radical (unpaired) electrons. The van der Waals surface area contributed by atoms with Crippen LogP contribution < -0.4 is 5.32 Å². The molecule has 106 valence electrons. The second-order valence-electron chi connectivity index (χ2n) is 5.79. The molecule has 0 amide bonds. The third-order valence-corrected chi connectivity index (χ3v) is 3.89. The van der Waals surface area contributed by atoms with Crippen molar-refractivity contribution in [1.82, 2.24) is 15.5 Å². The Morgan fingerprint density at radius 3 is 2.75 bits per heavy atom. The van der Waals surface area contributed by atoms with Crippen LogP contribution in [0.4, 0.5) is 0 Å². The Balaban J connectivity index is 1.72. The quantitative estimate of drug-likeness (QED) is 0.928. The van der Waals surface area contributed by atoms with Crippen LogP contribution in [0.5, 0.6) is 0 Å². The van der Waals surface area contributed by atoms with Crippen LogP contribution in [0, 0.1) is 0 Å². The molecular weight excluding hydrogens is 250 g/mol. The highest BCUT2D eigenvalue weighted by atomic mass is 16.5. The van der Waals surface area contributed by atoms with Gasteiger partial charge in [0.2, 0.25) is 11.7 Å². The predicted molar refractivity (Wildman–Crippen MR) is 78.6 cm³/mol. The van der Waals surface area contributed by atoms with Gasteiger partial charge in [-0.05, 0) is 30.9 Å². The maximum Gasteiger partial charge on any atom is 0.228 e. The summed E-state index contributed by atoms with van der Waals surface area (Å²) in [5.41, 5.74) is 2.34. The minimum absolute atomic E-state index is 0.492. The van der Waals surface area contributed by atoms with Gasteiger partial charge in [-0.1, -0.05) is 43.3 Å². The summed E-state index contributed by atoms with van der Waals surface area (Å²) in [6.07, 6.45) is 3.26. The van der Waals surface area contributed by atoms with Crippen LogP contribution in [0.15, 0.2) is 28.8 Å². The van der Waals surface area contributed by atoms with Gasteiger partial charge >= 0.3 is 0 Å². The van der Waals surface area contributed by atoms with Gasteiger partial charge in [-0.2, -0.15) is 4.98 Å². The SMILES string of the molecule is CC(C)c1ccc(-c2noc(CC3CCCN3)n2)cc1. The Labute approximate surface area is 119 Å². The minimum Gasteiger partial charge on any atom is -0.339 e. The van der Waals surface area contributed by atoms with Gasteiger partial charge in [0, 0.05) is 18.0 Å². The number of benzene rings is 1. The van der Waals surface area contributed by atoms with Gasteiger partial charge in [-0.25, -0.2) is 0 Å². The maximum atomic E-state index is 5.36. The minimum atomic E-state index is 0.492. The van der Waals surface area contributed by atoms with Crippen molar-refractivity contribution in [3.63, 3.8) is 0 Å². The molecule has 1 saturated heterocycles. The summed E-state index contributed by atoms with van der Waals surface area (Å²) in [6.45, 7) is 5.48. The van der Waals surface area contributed by atoms with Crippen LogP contribution in [0.25, 0.3) is 11.4 Å². The van der Waals surface area contributed by atoms with E-state index in [1.165, 1.54) is 18.4 Å². The molecule has 0 saturated carbocycles. The molecule has 4 heteroatoms. The van der Waals surface area contributed by atoms with Crippen molar-refractivity contribution < 1.29 is 4.52 Å². The summed E-state index contributed by atoms with van der Waals surface area (Å²) in [5, 5.41) is 7.54. The maximum absolute atomic E-state index is 5.36. The fourth-order valence-electron chi connectivity index (χ4n) is 2.61. The van der Waals surface area contributed by atoms with E-state index in [4.69, 9.17) is 4.52 Å². The van der Waals surface area contributed by atoms with Crippen LogP contribution in [-0.4, -0.2) is 22.7 Å². The molecule has 4 nitrogen and oxygen atoms in total. The van der Waals surface area contributed by atoms with E-state index in [-0.39, 0.29) is 0 Å². The second kappa shape index (κ2) is 5.75. The first kappa shape index (κ1) is 13.3. The van der Waals surface area contributed by atoms with Crippen LogP contribution in [0.3, 0.4) is 0 Å². The van der Waals surface area contributed by atoms with Gasteiger partial charge in [-0.3, -0.25) is 0 Å². The summed E-state index contributed by atoms with van der Waals surface area (Å²) in [5.74, 6) is 1.96. The molecule has 1 atom stereocenters. The molecule has 1 unspecified atom stereocenters. The van der Waals surface area contributed by atoms with E-state index < -0.39 is 0 Å². The predicted octanol–water partition coefficient (Wildman–Crippen LogP) is 3.15. The van der Waals surface area contributed by atoms with E-state index in [9.17, 15) is 0 Å². The average molecular weight is 271 g/mol. The molecule has 1 fully saturated rings. The molecule has 1 aromatic heterocycles. The van der Waals surface area contributed by atoms with E-state index in [1.807, 2.05) is 0 Å². The Morgan fingerprint density at radius 2 is 2.10 bits per heavy atom. The molecule has 1 aromatic carbocycles. The van der Waals surface area contributed by atoms with Crippen molar-refractivity contribution in [3.05, 3.63) is 35.7 Å². The largest absolute Gasteiger partial charge is 0.339 e. The third-order valence-electron chi connectivity index (χ3n) is 3.89. The first-order valence-corrected chi connectivity index (χ1v) is 7.38. The summed E-state index contributed by atoms with van der Waals surface area (Å²) in [6, 6.07) is 8.89. The van der Waals surface area contributed by atoms with E-state index in [1.54, 1.807) is 0 Å². The number of nitrogens with zero attached hydrogens (tertiary/aromatic N) is 2. The third kappa shape index (κ3) is 2.90. The number of hydrogen-bond donors (Lipinski definition) is 1. The zero-order valence-electron chi connectivity index (χ0n) is 12.1. The van der Waals surface area contributed by atoms with Crippen LogP contribution >= 0.6 is 0 Å². The van der Waals surface area contributed by atoms with Crippen molar-refractivity contribution in [1.29, 1.82) is 0 Å². The second-order valence-corrected chi connectivity index (χ2v) is 5.79. The molecule has 0 spiro atoms. The molecule has 2 aromatic rings. The van der Waals surface area contributed by atoms with E-state index in [0.29, 0.717) is 17.8 Å². The lowest BCUT2D eigenvalue weighted by Crippen LogP contribution is -2.23. The van der Waals surface area contributed by atoms with Crippen molar-refractivity contribution in [2.75, 3.05) is 6.54 Å². The molecule has 0 bridgehead atoms. The number of hydrogen-bond acceptors (Lipinski definition) is 4. The normalized spacial score (nSPS) is 18.9. The molecule has 0 aliphatic carbocycles. The molecule has 3 rings (SSSR count). The van der Waals surface area contributed by atoms with Gasteiger partial charge in [0.25, 0.3) is 0 Å². The van der Waals surface area contributed by atoms with E-state index in [2.05, 4.69) is 53.6 Å². The molecular formula is C16H21N3O. The van der Waals surface area contributed by atoms with Crippen molar-refractivity contribution >= 4 is 0 Å². The molecule has 1 N–H and O–H groups in total. The van der Waals surface area contributed by atoms with Gasteiger partial charge in [0.05, 0.1) is 0 Å². The molecule has 1 aliphatic heterocycles. The Kier molecular flexibility index (Phi) is 3.83. The lowest BCUT2D eigenvalue weighted by Gasteiger charge is -2.05. The Bertz CT molecular complexity index is 553. The first-order chi connectivity index (χ1) is 9.72. The fourth-order valence-corrected chi connectivity index (χ4v) is 2.61. The highest BCUT2D eigenvalue weighted by Crippen LogP contribution is 2.21. The summed E-state index contributed by atoms with van der Waals surface area (Å²) in [7, 11) is 0. The molecule has 1 aliphatic rings. The van der Waals surface area contributed by atoms with Gasteiger partial charge in [-0.15, -0.1) is 0 Å². The van der Waals surface area contributed by atoms with Crippen molar-refractivity contribution in [2.45, 2.75) is 45.1 Å². The summed E-state index contributed by atoms with van der Waals surface area (Å²) >= 11 is 0. The fraction of sp³-hybridized carbons (Fsp3) is 0.500. The van der Waals surface area contributed by atoms with Crippen molar-refractivity contribution in [3.8, 4) is 11.4 Å². The zero-order chi connectivity index (χ0) is 13.9.